The Kier molecular flexibility index (Phi) is 6.10. The van der Waals surface area contributed by atoms with E-state index in [1.54, 1.807) is 36.4 Å². The van der Waals surface area contributed by atoms with Gasteiger partial charge in [0.15, 0.2) is 0 Å². The number of Topliss-reactive ketones (excluding diaryl/α,β-unsaturated/α-hetero) is 1. The van der Waals surface area contributed by atoms with Gasteiger partial charge in [0.25, 0.3) is 11.7 Å². The first kappa shape index (κ1) is 22.6. The van der Waals surface area contributed by atoms with Crippen LogP contribution < -0.4 is 4.74 Å². The van der Waals surface area contributed by atoms with E-state index in [9.17, 15) is 19.1 Å². The number of halogens is 1. The molecule has 34 heavy (non-hydrogen) atoms. The van der Waals surface area contributed by atoms with Crippen LogP contribution in [0.2, 0.25) is 0 Å². The molecule has 5 rings (SSSR count). The summed E-state index contributed by atoms with van der Waals surface area (Å²) >= 11 is 0. The van der Waals surface area contributed by atoms with Gasteiger partial charge < -0.3 is 19.5 Å². The summed E-state index contributed by atoms with van der Waals surface area (Å²) in [5.74, 6) is -1.64. The Morgan fingerprint density at radius 1 is 1.12 bits per heavy atom. The number of amides is 1. The van der Waals surface area contributed by atoms with Crippen LogP contribution in [0.5, 0.6) is 5.75 Å². The number of likely N-dealkylation sites (tertiary alicyclic amines) is 1. The van der Waals surface area contributed by atoms with Gasteiger partial charge in [-0.2, -0.15) is 0 Å². The van der Waals surface area contributed by atoms with Crippen molar-refractivity contribution in [2.24, 2.45) is 0 Å². The number of hydrogen-bond donors (Lipinski definition) is 1. The van der Waals surface area contributed by atoms with Crippen LogP contribution in [0.4, 0.5) is 4.39 Å². The van der Waals surface area contributed by atoms with Gasteiger partial charge in [-0.05, 0) is 36.8 Å². The van der Waals surface area contributed by atoms with E-state index in [1.165, 1.54) is 11.0 Å². The highest BCUT2D eigenvalue weighted by Crippen LogP contribution is 2.41. The van der Waals surface area contributed by atoms with Crippen molar-refractivity contribution in [1.29, 1.82) is 0 Å². The summed E-state index contributed by atoms with van der Waals surface area (Å²) in [6.07, 6.45) is 0.706. The molecule has 0 aromatic heterocycles. The zero-order valence-corrected chi connectivity index (χ0v) is 19.0. The molecule has 0 spiro atoms. The Labute approximate surface area is 197 Å². The molecule has 1 N–H and O–H groups in total. The Morgan fingerprint density at radius 2 is 1.88 bits per heavy atom. The van der Waals surface area contributed by atoms with Crippen molar-refractivity contribution in [2.45, 2.75) is 25.5 Å². The zero-order valence-electron chi connectivity index (χ0n) is 19.0. The average molecular weight is 467 g/mol. The maximum atomic E-state index is 14.9. The molecule has 3 aliphatic rings. The summed E-state index contributed by atoms with van der Waals surface area (Å²) in [5.41, 5.74) is 1.41. The van der Waals surface area contributed by atoms with Crippen LogP contribution >= 0.6 is 0 Å². The maximum Gasteiger partial charge on any atom is 0.295 e. The molecule has 0 unspecified atom stereocenters. The van der Waals surface area contributed by atoms with Gasteiger partial charge in [-0.1, -0.05) is 18.2 Å². The van der Waals surface area contributed by atoms with Gasteiger partial charge in [0.2, 0.25) is 0 Å². The molecule has 2 fully saturated rings. The van der Waals surface area contributed by atoms with Crippen molar-refractivity contribution in [2.75, 3.05) is 39.4 Å². The molecule has 2 aromatic rings. The van der Waals surface area contributed by atoms with Crippen LogP contribution in [0.3, 0.4) is 0 Å². The number of ketones is 1. The van der Waals surface area contributed by atoms with Crippen LogP contribution in [0.15, 0.2) is 48.0 Å². The number of aliphatic hydroxyl groups excluding tert-OH is 1. The maximum absolute atomic E-state index is 14.9. The van der Waals surface area contributed by atoms with E-state index in [1.807, 2.05) is 6.92 Å². The van der Waals surface area contributed by atoms with Crippen molar-refractivity contribution >= 4 is 17.4 Å². The van der Waals surface area contributed by atoms with Gasteiger partial charge >= 0.3 is 0 Å². The van der Waals surface area contributed by atoms with Crippen molar-refractivity contribution in [3.05, 3.63) is 70.5 Å². The summed E-state index contributed by atoms with van der Waals surface area (Å²) in [5, 5.41) is 11.3. The molecule has 3 aliphatic heterocycles. The predicted molar refractivity (Wildman–Crippen MR) is 123 cm³/mol. The van der Waals surface area contributed by atoms with E-state index in [0.717, 1.165) is 24.4 Å². The van der Waals surface area contributed by atoms with E-state index in [0.29, 0.717) is 31.7 Å². The van der Waals surface area contributed by atoms with Crippen LogP contribution in [0.1, 0.15) is 29.7 Å². The van der Waals surface area contributed by atoms with Gasteiger partial charge in [0, 0.05) is 43.7 Å². The Balaban J connectivity index is 1.54. The normalized spacial score (nSPS) is 24.4. The van der Waals surface area contributed by atoms with Gasteiger partial charge in [-0.15, -0.1) is 0 Å². The number of carbonyl (C=O) groups excluding carboxylic acids is 2. The first-order chi connectivity index (χ1) is 16.4. The largest absolute Gasteiger partial charge is 0.507 e. The monoisotopic (exact) mass is 466 g/mol. The number of benzene rings is 2. The van der Waals surface area contributed by atoms with Crippen molar-refractivity contribution in [3.8, 4) is 5.75 Å². The van der Waals surface area contributed by atoms with Crippen LogP contribution in [-0.2, 0) is 20.7 Å². The van der Waals surface area contributed by atoms with E-state index in [2.05, 4.69) is 4.90 Å². The molecule has 0 bridgehead atoms. The lowest BCUT2D eigenvalue weighted by atomic mass is 9.94. The first-order valence-corrected chi connectivity index (χ1v) is 11.6. The Hall–Kier alpha value is -3.23. The minimum Gasteiger partial charge on any atom is -0.507 e. The minimum absolute atomic E-state index is 0.0246. The lowest BCUT2D eigenvalue weighted by Crippen LogP contribution is -2.42. The molecular formula is C26H27FN2O5. The SMILES string of the molecule is C[C@@H]1Cc2cc(/C(O)=C3\C(=O)C(=O)N(CCN4CCOCC4)[C@H]3c3ccccc3F)ccc2O1. The third-order valence-electron chi connectivity index (χ3n) is 6.67. The highest BCUT2D eigenvalue weighted by Gasteiger charge is 2.47. The van der Waals surface area contributed by atoms with Crippen LogP contribution in [-0.4, -0.2) is 72.1 Å². The molecule has 0 aliphatic carbocycles. The third kappa shape index (κ3) is 4.08. The number of ether oxygens (including phenoxy) is 2. The summed E-state index contributed by atoms with van der Waals surface area (Å²) in [6.45, 7) is 5.38. The Morgan fingerprint density at radius 3 is 2.65 bits per heavy atom. The second-order valence-electron chi connectivity index (χ2n) is 8.92. The number of fused-ring (bicyclic) bond motifs is 1. The van der Waals surface area contributed by atoms with E-state index in [-0.39, 0.29) is 29.5 Å². The second kappa shape index (κ2) is 9.19. The quantitative estimate of drug-likeness (QED) is 0.415. The van der Waals surface area contributed by atoms with Gasteiger partial charge in [-0.25, -0.2) is 4.39 Å². The summed E-state index contributed by atoms with van der Waals surface area (Å²) in [4.78, 5) is 29.8. The van der Waals surface area contributed by atoms with Crippen LogP contribution in [0.25, 0.3) is 5.76 Å². The molecule has 2 aromatic carbocycles. The fourth-order valence-corrected chi connectivity index (χ4v) is 4.93. The molecule has 0 radical (unpaired) electrons. The van der Waals surface area contributed by atoms with Crippen molar-refractivity contribution in [1.82, 2.24) is 9.80 Å². The number of morpholine rings is 1. The number of aliphatic hydroxyl groups is 1. The molecule has 178 valence electrons. The lowest BCUT2D eigenvalue weighted by Gasteiger charge is -2.31. The smallest absolute Gasteiger partial charge is 0.295 e. The van der Waals surface area contributed by atoms with Crippen molar-refractivity contribution < 1.29 is 28.6 Å². The molecule has 2 saturated heterocycles. The third-order valence-corrected chi connectivity index (χ3v) is 6.67. The number of nitrogens with zero attached hydrogens (tertiary/aromatic N) is 2. The van der Waals surface area contributed by atoms with E-state index < -0.39 is 23.5 Å². The fraction of sp³-hybridized carbons (Fsp3) is 0.385. The van der Waals surface area contributed by atoms with Gasteiger partial charge in [0.1, 0.15) is 23.4 Å². The lowest BCUT2D eigenvalue weighted by molar-refractivity contribution is -0.140. The predicted octanol–water partition coefficient (Wildman–Crippen LogP) is 2.90. The minimum atomic E-state index is -1.01. The van der Waals surface area contributed by atoms with Crippen LogP contribution in [0, 0.1) is 5.82 Å². The zero-order chi connectivity index (χ0) is 23.8. The highest BCUT2D eigenvalue weighted by atomic mass is 19.1. The first-order valence-electron chi connectivity index (χ1n) is 11.6. The summed E-state index contributed by atoms with van der Waals surface area (Å²) < 4.78 is 26.0. The molecule has 7 nitrogen and oxygen atoms in total. The molecule has 2 atom stereocenters. The summed E-state index contributed by atoms with van der Waals surface area (Å²) in [7, 11) is 0. The topological polar surface area (TPSA) is 79.3 Å². The van der Waals surface area contributed by atoms with Crippen molar-refractivity contribution in [3.63, 3.8) is 0 Å². The molecule has 0 saturated carbocycles. The summed E-state index contributed by atoms with van der Waals surface area (Å²) in [6, 6.07) is 10.2. The second-order valence-corrected chi connectivity index (χ2v) is 8.92. The molecule has 1 amide bonds. The fourth-order valence-electron chi connectivity index (χ4n) is 4.93. The standard InChI is InChI=1S/C26H27FN2O5/c1-16-14-18-15-17(6-7-21(18)34-16)24(30)22-23(19-4-2-3-5-20(19)27)29(26(32)25(22)31)9-8-28-10-12-33-13-11-28/h2-7,15-16,23,30H,8-14H2,1H3/b24-22+/t16-,23+/m1/s1. The molecule has 3 heterocycles. The number of carbonyl (C=O) groups is 2. The number of hydrogen-bond acceptors (Lipinski definition) is 6. The molecular weight excluding hydrogens is 439 g/mol. The van der Waals surface area contributed by atoms with Gasteiger partial charge in [-0.3, -0.25) is 14.5 Å². The Bertz CT molecular complexity index is 1160. The molecule has 8 heteroatoms. The highest BCUT2D eigenvalue weighted by molar-refractivity contribution is 6.46. The van der Waals surface area contributed by atoms with E-state index in [4.69, 9.17) is 9.47 Å². The number of rotatable bonds is 5. The van der Waals surface area contributed by atoms with E-state index >= 15 is 0 Å². The average Bonchev–Trinajstić information content (AvgIpc) is 3.33. The van der Waals surface area contributed by atoms with Gasteiger partial charge in [0.05, 0.1) is 24.8 Å².